The summed E-state index contributed by atoms with van der Waals surface area (Å²) in [6.07, 6.45) is 7.85. The van der Waals surface area contributed by atoms with Crippen LogP contribution in [-0.4, -0.2) is 29.2 Å². The molecule has 0 radical (unpaired) electrons. The number of rotatable bonds is 6. The van der Waals surface area contributed by atoms with Gasteiger partial charge in [-0.2, -0.15) is 4.98 Å². The molecule has 0 unspecified atom stereocenters. The summed E-state index contributed by atoms with van der Waals surface area (Å²) in [6.45, 7) is 0.789. The first kappa shape index (κ1) is 14.3. The summed E-state index contributed by atoms with van der Waals surface area (Å²) in [7, 11) is 0. The van der Waals surface area contributed by atoms with Crippen LogP contribution in [0.4, 0.5) is 0 Å². The summed E-state index contributed by atoms with van der Waals surface area (Å²) in [5.41, 5.74) is 3.05. The highest BCUT2D eigenvalue weighted by molar-refractivity contribution is 6.29. The molecule has 3 rings (SSSR count). The molecule has 6 heteroatoms. The zero-order valence-corrected chi connectivity index (χ0v) is 12.4. The third-order valence-corrected chi connectivity index (χ3v) is 3.87. The van der Waals surface area contributed by atoms with Crippen molar-refractivity contribution in [1.29, 1.82) is 0 Å². The lowest BCUT2D eigenvalue weighted by Crippen LogP contribution is -2.27. The maximum Gasteiger partial charge on any atom is 0.309 e. The third kappa shape index (κ3) is 3.94. The van der Waals surface area contributed by atoms with Crippen LogP contribution in [0.1, 0.15) is 32.1 Å². The highest BCUT2D eigenvalue weighted by Gasteiger charge is 2.34. The predicted octanol–water partition coefficient (Wildman–Crippen LogP) is 2.94. The number of allylic oxidation sites excluding steroid dienone is 2. The average molecular weight is 309 g/mol. The van der Waals surface area contributed by atoms with Crippen molar-refractivity contribution < 1.29 is 14.3 Å². The molecule has 2 aliphatic rings. The van der Waals surface area contributed by atoms with Crippen LogP contribution < -0.4 is 4.74 Å². The first-order chi connectivity index (χ1) is 10.2. The number of ether oxygens (including phenoxy) is 2. The Balaban J connectivity index is 1.28. The molecule has 2 saturated carbocycles. The lowest BCUT2D eigenvalue weighted by molar-refractivity contribution is -0.150. The van der Waals surface area contributed by atoms with E-state index in [0.29, 0.717) is 30.7 Å². The Bertz CT molecular complexity index is 560. The minimum Gasteiger partial charge on any atom is -0.476 e. The lowest BCUT2D eigenvalue weighted by Gasteiger charge is -2.27. The molecule has 0 amide bonds. The molecule has 0 N–H and O–H groups in total. The van der Waals surface area contributed by atoms with Crippen molar-refractivity contribution in [3.63, 3.8) is 0 Å². The molecule has 5 nitrogen and oxygen atoms in total. The van der Waals surface area contributed by atoms with Crippen LogP contribution in [0.2, 0.25) is 5.15 Å². The summed E-state index contributed by atoms with van der Waals surface area (Å²) in [6, 6.07) is 0. The van der Waals surface area contributed by atoms with E-state index in [1.54, 1.807) is 5.57 Å². The molecule has 21 heavy (non-hydrogen) atoms. The Morgan fingerprint density at radius 3 is 2.76 bits per heavy atom. The second kappa shape index (κ2) is 6.43. The predicted molar refractivity (Wildman–Crippen MR) is 77.1 cm³/mol. The molecule has 0 spiro atoms. The van der Waals surface area contributed by atoms with Gasteiger partial charge in [-0.3, -0.25) is 9.78 Å². The molecule has 2 aliphatic carbocycles. The number of nitrogens with zero attached hydrogens (tertiary/aromatic N) is 2. The minimum absolute atomic E-state index is 0.0767. The summed E-state index contributed by atoms with van der Waals surface area (Å²) < 4.78 is 10.6. The van der Waals surface area contributed by atoms with Gasteiger partial charge in [-0.15, -0.1) is 0 Å². The van der Waals surface area contributed by atoms with E-state index in [2.05, 4.69) is 9.97 Å². The van der Waals surface area contributed by atoms with Crippen LogP contribution in [0.5, 0.6) is 5.88 Å². The van der Waals surface area contributed by atoms with Gasteiger partial charge in [-0.1, -0.05) is 22.7 Å². The second-order valence-corrected chi connectivity index (χ2v) is 5.75. The zero-order valence-electron chi connectivity index (χ0n) is 11.7. The molecule has 0 bridgehead atoms. The Morgan fingerprint density at radius 1 is 1.24 bits per heavy atom. The number of aromatic nitrogens is 2. The standard InChI is InChI=1S/C15H17ClN2O3/c16-13-8-17-9-14(18-13)20-4-1-5-21-15(19)12-6-11(7-12)10-2-3-10/h8-9,12H,1-7H2. The summed E-state index contributed by atoms with van der Waals surface area (Å²) in [5.74, 6) is 0.379. The molecule has 0 aliphatic heterocycles. The van der Waals surface area contributed by atoms with Gasteiger partial charge in [-0.25, -0.2) is 0 Å². The molecule has 1 heterocycles. The zero-order chi connectivity index (χ0) is 14.7. The number of hydrogen-bond donors (Lipinski definition) is 0. The van der Waals surface area contributed by atoms with Gasteiger partial charge in [-0.05, 0) is 25.7 Å². The molecule has 1 aromatic heterocycles. The largest absolute Gasteiger partial charge is 0.476 e. The third-order valence-electron chi connectivity index (χ3n) is 3.68. The fourth-order valence-corrected chi connectivity index (χ4v) is 2.47. The van der Waals surface area contributed by atoms with Crippen molar-refractivity contribution in [3.05, 3.63) is 28.7 Å². The Morgan fingerprint density at radius 2 is 2.05 bits per heavy atom. The van der Waals surface area contributed by atoms with Crippen molar-refractivity contribution in [1.82, 2.24) is 9.97 Å². The van der Waals surface area contributed by atoms with Crippen molar-refractivity contribution >= 4 is 17.6 Å². The van der Waals surface area contributed by atoms with Crippen molar-refractivity contribution in [2.75, 3.05) is 13.2 Å². The number of carbonyl (C=O) groups excluding carboxylic acids is 1. The van der Waals surface area contributed by atoms with E-state index >= 15 is 0 Å². The molecule has 2 fully saturated rings. The number of esters is 1. The Kier molecular flexibility index (Phi) is 4.39. The SMILES string of the molecule is O=C(OCCCOc1cncc(Cl)n1)C1CC(=C2CC2)C1. The first-order valence-corrected chi connectivity index (χ1v) is 7.57. The molecular weight excluding hydrogens is 292 g/mol. The lowest BCUT2D eigenvalue weighted by atomic mass is 9.79. The van der Waals surface area contributed by atoms with Gasteiger partial charge in [0.25, 0.3) is 0 Å². The highest BCUT2D eigenvalue weighted by Crippen LogP contribution is 2.44. The van der Waals surface area contributed by atoms with Gasteiger partial charge in [0.15, 0.2) is 5.15 Å². The molecule has 0 aromatic carbocycles. The quantitative estimate of drug-likeness (QED) is 0.459. The average Bonchev–Trinajstić information content (AvgIpc) is 3.21. The smallest absolute Gasteiger partial charge is 0.309 e. The van der Waals surface area contributed by atoms with Gasteiger partial charge >= 0.3 is 5.97 Å². The Labute approximate surface area is 128 Å². The van der Waals surface area contributed by atoms with E-state index in [1.807, 2.05) is 0 Å². The topological polar surface area (TPSA) is 61.3 Å². The van der Waals surface area contributed by atoms with E-state index in [4.69, 9.17) is 21.1 Å². The normalized spacial score (nSPS) is 20.0. The minimum atomic E-state index is -0.0810. The fraction of sp³-hybridized carbons (Fsp3) is 0.533. The van der Waals surface area contributed by atoms with Gasteiger partial charge in [0.05, 0.1) is 31.5 Å². The fourth-order valence-electron chi connectivity index (χ4n) is 2.33. The summed E-state index contributed by atoms with van der Waals surface area (Å²) in [5, 5.41) is 0.296. The van der Waals surface area contributed by atoms with Crippen molar-refractivity contribution in [2.45, 2.75) is 32.1 Å². The molecule has 0 atom stereocenters. The number of halogens is 1. The van der Waals surface area contributed by atoms with Crippen molar-refractivity contribution in [2.24, 2.45) is 5.92 Å². The van der Waals surface area contributed by atoms with Crippen LogP contribution in [0.15, 0.2) is 23.5 Å². The summed E-state index contributed by atoms with van der Waals surface area (Å²) in [4.78, 5) is 19.6. The first-order valence-electron chi connectivity index (χ1n) is 7.19. The van der Waals surface area contributed by atoms with E-state index in [9.17, 15) is 4.79 Å². The van der Waals surface area contributed by atoms with Gasteiger partial charge < -0.3 is 9.47 Å². The van der Waals surface area contributed by atoms with Crippen LogP contribution in [-0.2, 0) is 9.53 Å². The number of hydrogen-bond acceptors (Lipinski definition) is 5. The maximum absolute atomic E-state index is 11.8. The van der Waals surface area contributed by atoms with E-state index in [0.717, 1.165) is 12.8 Å². The number of carbonyl (C=O) groups is 1. The van der Waals surface area contributed by atoms with Crippen molar-refractivity contribution in [3.8, 4) is 5.88 Å². The summed E-state index contributed by atoms with van der Waals surface area (Å²) >= 11 is 5.70. The molecule has 1 aromatic rings. The maximum atomic E-state index is 11.8. The second-order valence-electron chi connectivity index (χ2n) is 5.36. The van der Waals surface area contributed by atoms with Crippen LogP contribution >= 0.6 is 11.6 Å². The van der Waals surface area contributed by atoms with E-state index < -0.39 is 0 Å². The highest BCUT2D eigenvalue weighted by atomic mass is 35.5. The van der Waals surface area contributed by atoms with Gasteiger partial charge in [0.1, 0.15) is 0 Å². The van der Waals surface area contributed by atoms with Gasteiger partial charge in [0.2, 0.25) is 5.88 Å². The van der Waals surface area contributed by atoms with E-state index in [1.165, 1.54) is 30.8 Å². The Hall–Kier alpha value is -1.62. The van der Waals surface area contributed by atoms with Crippen LogP contribution in [0.25, 0.3) is 0 Å². The van der Waals surface area contributed by atoms with Gasteiger partial charge in [0, 0.05) is 6.42 Å². The van der Waals surface area contributed by atoms with E-state index in [-0.39, 0.29) is 11.9 Å². The molecule has 0 saturated heterocycles. The molecular formula is C15H17ClN2O3. The van der Waals surface area contributed by atoms with Crippen LogP contribution in [0, 0.1) is 5.92 Å². The monoisotopic (exact) mass is 308 g/mol. The molecule has 112 valence electrons. The van der Waals surface area contributed by atoms with Crippen LogP contribution in [0.3, 0.4) is 0 Å².